The van der Waals surface area contributed by atoms with Gasteiger partial charge in [-0.15, -0.1) is 0 Å². The number of rotatable bonds is 9. The number of aliphatic carboxylic acids is 1. The number of carboxylic acid groups (broad SMARTS) is 1. The zero-order valence-corrected chi connectivity index (χ0v) is 12.4. The highest BCUT2D eigenvalue weighted by molar-refractivity contribution is 5.82. The lowest BCUT2D eigenvalue weighted by molar-refractivity contribution is -0.139. The van der Waals surface area contributed by atoms with Gasteiger partial charge in [-0.3, -0.25) is 0 Å². The number of hydrogen-bond donors (Lipinski definition) is 3. The topological polar surface area (TPSA) is 81.7 Å². The van der Waals surface area contributed by atoms with Crippen molar-refractivity contribution < 1.29 is 14.7 Å². The highest BCUT2D eigenvalue weighted by Crippen LogP contribution is 2.04. The number of hydrogen-bond acceptors (Lipinski definition) is 3. The van der Waals surface area contributed by atoms with Crippen molar-refractivity contribution in [2.24, 2.45) is 5.92 Å². The fourth-order valence-corrected chi connectivity index (χ4v) is 1.66. The highest BCUT2D eigenvalue weighted by Gasteiger charge is 2.20. The molecule has 0 radical (unpaired) electrons. The molecular formula is C13H27N3O3. The molecule has 0 aromatic carbocycles. The van der Waals surface area contributed by atoms with Crippen LogP contribution in [0.25, 0.3) is 0 Å². The number of carbonyl (C=O) groups excluding carboxylic acids is 1. The van der Waals surface area contributed by atoms with Gasteiger partial charge >= 0.3 is 12.0 Å². The number of urea groups is 1. The van der Waals surface area contributed by atoms with Gasteiger partial charge in [-0.25, -0.2) is 9.59 Å². The molecule has 0 aliphatic rings. The van der Waals surface area contributed by atoms with Crippen LogP contribution in [0, 0.1) is 5.92 Å². The van der Waals surface area contributed by atoms with Gasteiger partial charge in [0.2, 0.25) is 0 Å². The van der Waals surface area contributed by atoms with Crippen LogP contribution in [0.15, 0.2) is 0 Å². The Bertz CT molecular complexity index is 280. The van der Waals surface area contributed by atoms with Crippen molar-refractivity contribution in [3.8, 4) is 0 Å². The van der Waals surface area contributed by atoms with Crippen LogP contribution in [0.3, 0.4) is 0 Å². The fraction of sp³-hybridized carbons (Fsp3) is 0.846. The molecule has 0 saturated carbocycles. The Labute approximate surface area is 115 Å². The van der Waals surface area contributed by atoms with Gasteiger partial charge in [0.25, 0.3) is 0 Å². The summed E-state index contributed by atoms with van der Waals surface area (Å²) in [7, 11) is 4.01. The average molecular weight is 273 g/mol. The van der Waals surface area contributed by atoms with E-state index in [1.165, 1.54) is 0 Å². The molecule has 0 spiro atoms. The van der Waals surface area contributed by atoms with Crippen LogP contribution in [0.1, 0.15) is 33.1 Å². The van der Waals surface area contributed by atoms with Crippen LogP contribution in [-0.4, -0.2) is 55.2 Å². The summed E-state index contributed by atoms with van der Waals surface area (Å²) < 4.78 is 0. The number of carboxylic acids is 1. The number of unbranched alkanes of at least 4 members (excludes halogenated alkanes) is 1. The molecule has 0 aromatic heterocycles. The predicted molar refractivity (Wildman–Crippen MR) is 75.2 cm³/mol. The Hall–Kier alpha value is -1.30. The van der Waals surface area contributed by atoms with Gasteiger partial charge in [0.1, 0.15) is 6.04 Å². The molecule has 0 aliphatic carbocycles. The van der Waals surface area contributed by atoms with Crippen molar-refractivity contribution in [1.82, 2.24) is 15.5 Å². The summed E-state index contributed by atoms with van der Waals surface area (Å²) >= 11 is 0. The lowest BCUT2D eigenvalue weighted by atomic mass is 10.0. The summed E-state index contributed by atoms with van der Waals surface area (Å²) in [5, 5.41) is 14.2. The van der Waals surface area contributed by atoms with Gasteiger partial charge in [-0.05, 0) is 45.8 Å². The lowest BCUT2D eigenvalue weighted by Crippen LogP contribution is -2.46. The molecule has 6 nitrogen and oxygen atoms in total. The van der Waals surface area contributed by atoms with Crippen molar-refractivity contribution in [1.29, 1.82) is 0 Å². The molecule has 112 valence electrons. The monoisotopic (exact) mass is 273 g/mol. The van der Waals surface area contributed by atoms with E-state index in [1.54, 1.807) is 0 Å². The van der Waals surface area contributed by atoms with Crippen LogP contribution >= 0.6 is 0 Å². The van der Waals surface area contributed by atoms with Gasteiger partial charge in [0.05, 0.1) is 0 Å². The van der Waals surface area contributed by atoms with E-state index < -0.39 is 18.0 Å². The fourth-order valence-electron chi connectivity index (χ4n) is 1.66. The minimum atomic E-state index is -0.989. The van der Waals surface area contributed by atoms with E-state index in [1.807, 2.05) is 27.9 Å². The Morgan fingerprint density at radius 2 is 1.84 bits per heavy atom. The zero-order chi connectivity index (χ0) is 14.8. The number of amides is 2. The third-order valence-electron chi connectivity index (χ3n) is 2.63. The quantitative estimate of drug-likeness (QED) is 0.550. The molecule has 2 amide bonds. The summed E-state index contributed by atoms with van der Waals surface area (Å²) in [6.45, 7) is 5.40. The van der Waals surface area contributed by atoms with Gasteiger partial charge in [-0.2, -0.15) is 0 Å². The van der Waals surface area contributed by atoms with Crippen LogP contribution in [0.2, 0.25) is 0 Å². The second-order valence-electron chi connectivity index (χ2n) is 5.43. The number of carbonyl (C=O) groups is 2. The maximum absolute atomic E-state index is 11.5. The third-order valence-corrected chi connectivity index (χ3v) is 2.63. The summed E-state index contributed by atoms with van der Waals surface area (Å²) in [6, 6.07) is -1.22. The largest absolute Gasteiger partial charge is 0.480 e. The summed E-state index contributed by atoms with van der Waals surface area (Å²) in [5.74, 6) is -0.766. The van der Waals surface area contributed by atoms with E-state index in [4.69, 9.17) is 5.11 Å². The molecule has 0 rings (SSSR count). The molecule has 1 atom stereocenters. The predicted octanol–water partition coefficient (Wildman–Crippen LogP) is 1.13. The van der Waals surface area contributed by atoms with Gasteiger partial charge < -0.3 is 20.6 Å². The van der Waals surface area contributed by atoms with Crippen molar-refractivity contribution in [2.75, 3.05) is 27.2 Å². The second-order valence-corrected chi connectivity index (χ2v) is 5.43. The smallest absolute Gasteiger partial charge is 0.326 e. The maximum atomic E-state index is 11.5. The maximum Gasteiger partial charge on any atom is 0.326 e. The molecule has 0 fully saturated rings. The second kappa shape index (κ2) is 9.61. The molecule has 0 heterocycles. The van der Waals surface area contributed by atoms with Crippen LogP contribution in [0.4, 0.5) is 4.79 Å². The summed E-state index contributed by atoms with van der Waals surface area (Å²) in [4.78, 5) is 24.6. The van der Waals surface area contributed by atoms with E-state index in [0.29, 0.717) is 13.0 Å². The Morgan fingerprint density at radius 1 is 1.21 bits per heavy atom. The van der Waals surface area contributed by atoms with Crippen molar-refractivity contribution >= 4 is 12.0 Å². The average Bonchev–Trinajstić information content (AvgIpc) is 2.26. The van der Waals surface area contributed by atoms with E-state index in [-0.39, 0.29) is 5.92 Å². The standard InChI is InChI=1S/C13H27N3O3/c1-10(2)9-11(12(17)18)15-13(19)14-7-5-6-8-16(3)4/h10-11H,5-9H2,1-4H3,(H,17,18)(H2,14,15,19). The van der Waals surface area contributed by atoms with Gasteiger partial charge in [0, 0.05) is 6.54 Å². The molecule has 0 bridgehead atoms. The zero-order valence-electron chi connectivity index (χ0n) is 12.4. The van der Waals surface area contributed by atoms with Crippen LogP contribution in [0.5, 0.6) is 0 Å². The van der Waals surface area contributed by atoms with E-state index >= 15 is 0 Å². The van der Waals surface area contributed by atoms with E-state index in [0.717, 1.165) is 19.4 Å². The van der Waals surface area contributed by atoms with Crippen molar-refractivity contribution in [3.63, 3.8) is 0 Å². The van der Waals surface area contributed by atoms with E-state index in [9.17, 15) is 9.59 Å². The van der Waals surface area contributed by atoms with Gasteiger partial charge in [0.15, 0.2) is 0 Å². The first kappa shape index (κ1) is 17.7. The molecule has 19 heavy (non-hydrogen) atoms. The van der Waals surface area contributed by atoms with Crippen LogP contribution in [-0.2, 0) is 4.79 Å². The minimum absolute atomic E-state index is 0.224. The molecule has 3 N–H and O–H groups in total. The normalized spacial score (nSPS) is 12.5. The minimum Gasteiger partial charge on any atom is -0.480 e. The molecule has 0 aliphatic heterocycles. The lowest BCUT2D eigenvalue weighted by Gasteiger charge is -2.17. The van der Waals surface area contributed by atoms with Crippen molar-refractivity contribution in [3.05, 3.63) is 0 Å². The first-order chi connectivity index (χ1) is 8.82. The van der Waals surface area contributed by atoms with Crippen molar-refractivity contribution in [2.45, 2.75) is 39.2 Å². The molecule has 0 saturated heterocycles. The Morgan fingerprint density at radius 3 is 2.32 bits per heavy atom. The van der Waals surface area contributed by atoms with Crippen LogP contribution < -0.4 is 10.6 Å². The number of nitrogens with zero attached hydrogens (tertiary/aromatic N) is 1. The third kappa shape index (κ3) is 10.3. The molecule has 1 unspecified atom stereocenters. The Kier molecular flexibility index (Phi) is 8.95. The number of nitrogens with one attached hydrogen (secondary N) is 2. The molecular weight excluding hydrogens is 246 g/mol. The van der Waals surface area contributed by atoms with Gasteiger partial charge in [-0.1, -0.05) is 13.8 Å². The Balaban J connectivity index is 3.84. The highest BCUT2D eigenvalue weighted by atomic mass is 16.4. The SMILES string of the molecule is CC(C)CC(NC(=O)NCCCCN(C)C)C(=O)O. The van der Waals surface area contributed by atoms with E-state index in [2.05, 4.69) is 15.5 Å². The summed E-state index contributed by atoms with van der Waals surface area (Å²) in [5.41, 5.74) is 0. The first-order valence-electron chi connectivity index (χ1n) is 6.74. The first-order valence-corrected chi connectivity index (χ1v) is 6.74. The molecule has 0 aromatic rings. The molecule has 6 heteroatoms. The summed E-state index contributed by atoms with van der Waals surface area (Å²) in [6.07, 6.45) is 2.32.